The van der Waals surface area contributed by atoms with E-state index in [0.29, 0.717) is 17.0 Å². The van der Waals surface area contributed by atoms with Gasteiger partial charge in [0.2, 0.25) is 10.0 Å². The van der Waals surface area contributed by atoms with Crippen molar-refractivity contribution in [2.45, 2.75) is 0 Å². The lowest BCUT2D eigenvalue weighted by Gasteiger charge is -2.21. The van der Waals surface area contributed by atoms with Crippen molar-refractivity contribution in [3.05, 3.63) is 64.2 Å². The number of sulfonamides is 1. The number of nitro groups is 1. The van der Waals surface area contributed by atoms with Crippen LogP contribution in [-0.4, -0.2) is 45.4 Å². The van der Waals surface area contributed by atoms with Crippen LogP contribution >= 0.6 is 0 Å². The summed E-state index contributed by atoms with van der Waals surface area (Å²) in [5.41, 5.74) is 2.79. The zero-order valence-electron chi connectivity index (χ0n) is 15.1. The molecule has 1 amide bonds. The van der Waals surface area contributed by atoms with E-state index in [4.69, 9.17) is 4.74 Å². The highest BCUT2D eigenvalue weighted by Gasteiger charge is 2.20. The van der Waals surface area contributed by atoms with E-state index in [-0.39, 0.29) is 5.69 Å². The molecule has 0 aliphatic carbocycles. The molecule has 0 aliphatic heterocycles. The van der Waals surface area contributed by atoms with E-state index in [2.05, 4.69) is 10.5 Å². The van der Waals surface area contributed by atoms with Crippen LogP contribution in [0.3, 0.4) is 0 Å². The molecule has 28 heavy (non-hydrogen) atoms. The number of carbonyl (C=O) groups is 1. The van der Waals surface area contributed by atoms with Crippen molar-refractivity contribution in [3.8, 4) is 5.75 Å². The minimum atomic E-state index is -3.72. The van der Waals surface area contributed by atoms with Crippen LogP contribution < -0.4 is 14.5 Å². The highest BCUT2D eigenvalue weighted by molar-refractivity contribution is 7.92. The number of carbonyl (C=O) groups excluding carboxylic acids is 1. The fourth-order valence-electron chi connectivity index (χ4n) is 2.21. The Morgan fingerprint density at radius 2 is 1.96 bits per heavy atom. The number of anilines is 1. The first-order valence-corrected chi connectivity index (χ1v) is 9.73. The SMILES string of the molecule is COc1ccc(N(CC(=O)N/N=C\c2cccc([N+](=O)[O-])c2)S(C)(=O)=O)cc1. The Morgan fingerprint density at radius 1 is 1.29 bits per heavy atom. The number of nitro benzene ring substituents is 1. The summed E-state index contributed by atoms with van der Waals surface area (Å²) < 4.78 is 30.0. The first-order valence-electron chi connectivity index (χ1n) is 7.89. The molecule has 0 spiro atoms. The quantitative estimate of drug-likeness (QED) is 0.402. The Kier molecular flexibility index (Phi) is 6.66. The Bertz CT molecular complexity index is 989. The third-order valence-electron chi connectivity index (χ3n) is 3.53. The summed E-state index contributed by atoms with van der Waals surface area (Å²) in [6.45, 7) is -0.489. The minimum Gasteiger partial charge on any atom is -0.497 e. The number of hydrogen-bond acceptors (Lipinski definition) is 7. The summed E-state index contributed by atoms with van der Waals surface area (Å²) >= 11 is 0. The number of hydrogen-bond donors (Lipinski definition) is 1. The second-order valence-corrected chi connectivity index (χ2v) is 7.52. The topological polar surface area (TPSA) is 131 Å². The monoisotopic (exact) mass is 406 g/mol. The van der Waals surface area contributed by atoms with Gasteiger partial charge in [-0.25, -0.2) is 13.8 Å². The number of hydrazone groups is 1. The van der Waals surface area contributed by atoms with Gasteiger partial charge in [-0.2, -0.15) is 5.10 Å². The molecular formula is C17H18N4O6S. The average molecular weight is 406 g/mol. The van der Waals surface area contributed by atoms with Crippen molar-refractivity contribution in [1.29, 1.82) is 0 Å². The highest BCUT2D eigenvalue weighted by atomic mass is 32.2. The van der Waals surface area contributed by atoms with Gasteiger partial charge in [-0.3, -0.25) is 19.2 Å². The molecule has 11 heteroatoms. The van der Waals surface area contributed by atoms with Gasteiger partial charge in [0, 0.05) is 17.7 Å². The van der Waals surface area contributed by atoms with Crippen molar-refractivity contribution in [1.82, 2.24) is 5.43 Å². The van der Waals surface area contributed by atoms with E-state index >= 15 is 0 Å². The van der Waals surface area contributed by atoms with E-state index < -0.39 is 27.4 Å². The average Bonchev–Trinajstić information content (AvgIpc) is 2.65. The Hall–Kier alpha value is -3.47. The molecule has 0 atom stereocenters. The van der Waals surface area contributed by atoms with Crippen molar-refractivity contribution >= 4 is 33.5 Å². The van der Waals surface area contributed by atoms with E-state index in [1.807, 2.05) is 0 Å². The zero-order valence-corrected chi connectivity index (χ0v) is 15.9. The zero-order chi connectivity index (χ0) is 20.7. The smallest absolute Gasteiger partial charge is 0.270 e. The summed E-state index contributed by atoms with van der Waals surface area (Å²) in [5.74, 6) is -0.133. The van der Waals surface area contributed by atoms with Crippen LogP contribution in [0.15, 0.2) is 53.6 Å². The molecule has 0 fully saturated rings. The first kappa shape index (κ1) is 20.8. The molecule has 0 unspecified atom stereocenters. The van der Waals surface area contributed by atoms with E-state index in [1.54, 1.807) is 18.2 Å². The largest absolute Gasteiger partial charge is 0.497 e. The Morgan fingerprint density at radius 3 is 2.54 bits per heavy atom. The lowest BCUT2D eigenvalue weighted by atomic mass is 10.2. The molecule has 2 aromatic carbocycles. The van der Waals surface area contributed by atoms with Gasteiger partial charge in [-0.05, 0) is 24.3 Å². The molecule has 0 heterocycles. The number of benzene rings is 2. The summed E-state index contributed by atoms with van der Waals surface area (Å²) in [7, 11) is -2.24. The van der Waals surface area contributed by atoms with Gasteiger partial charge in [0.25, 0.3) is 11.6 Å². The standard InChI is InChI=1S/C17H18N4O6S/c1-27-16-8-6-14(7-9-16)20(28(2,25)26)12-17(22)19-18-11-13-4-3-5-15(10-13)21(23)24/h3-11H,12H2,1-2H3,(H,19,22)/b18-11-. The summed E-state index contributed by atoms with van der Waals surface area (Å²) in [6, 6.07) is 11.8. The summed E-state index contributed by atoms with van der Waals surface area (Å²) in [5, 5.41) is 14.5. The molecular weight excluding hydrogens is 388 g/mol. The molecule has 148 valence electrons. The molecule has 10 nitrogen and oxygen atoms in total. The maximum Gasteiger partial charge on any atom is 0.270 e. The van der Waals surface area contributed by atoms with E-state index in [1.165, 1.54) is 43.7 Å². The number of nitrogens with zero attached hydrogens (tertiary/aromatic N) is 3. The van der Waals surface area contributed by atoms with Crippen LogP contribution in [0, 0.1) is 10.1 Å². The lowest BCUT2D eigenvalue weighted by molar-refractivity contribution is -0.384. The molecule has 0 bridgehead atoms. The van der Waals surface area contributed by atoms with Crippen LogP contribution in [0.2, 0.25) is 0 Å². The first-order chi connectivity index (χ1) is 13.2. The number of nitrogens with one attached hydrogen (secondary N) is 1. The van der Waals surface area contributed by atoms with E-state index in [0.717, 1.165) is 10.6 Å². The Labute approximate surface area is 161 Å². The lowest BCUT2D eigenvalue weighted by Crippen LogP contribution is -2.39. The molecule has 0 saturated heterocycles. The van der Waals surface area contributed by atoms with Crippen LogP contribution in [0.4, 0.5) is 11.4 Å². The third-order valence-corrected chi connectivity index (χ3v) is 4.67. The number of ether oxygens (including phenoxy) is 1. The Balaban J connectivity index is 2.07. The molecule has 2 rings (SSSR count). The predicted molar refractivity (Wildman–Crippen MR) is 104 cm³/mol. The number of rotatable bonds is 8. The second-order valence-electron chi connectivity index (χ2n) is 5.61. The van der Waals surface area contributed by atoms with E-state index in [9.17, 15) is 23.3 Å². The van der Waals surface area contributed by atoms with Crippen LogP contribution in [0.5, 0.6) is 5.75 Å². The van der Waals surface area contributed by atoms with Crippen molar-refractivity contribution in [3.63, 3.8) is 0 Å². The number of methoxy groups -OCH3 is 1. The minimum absolute atomic E-state index is 0.113. The van der Waals surface area contributed by atoms with Gasteiger partial charge in [0.05, 0.1) is 30.2 Å². The molecule has 0 saturated carbocycles. The molecule has 0 radical (unpaired) electrons. The molecule has 0 aliphatic rings. The summed E-state index contributed by atoms with van der Waals surface area (Å²) in [4.78, 5) is 22.3. The van der Waals surface area contributed by atoms with Gasteiger partial charge >= 0.3 is 0 Å². The second kappa shape index (κ2) is 8.95. The molecule has 2 aromatic rings. The summed E-state index contributed by atoms with van der Waals surface area (Å²) in [6.07, 6.45) is 2.21. The van der Waals surface area contributed by atoms with Gasteiger partial charge < -0.3 is 4.74 Å². The van der Waals surface area contributed by atoms with Crippen molar-refractivity contribution < 1.29 is 22.9 Å². The van der Waals surface area contributed by atoms with Gasteiger partial charge in [0.1, 0.15) is 12.3 Å². The predicted octanol–water partition coefficient (Wildman–Crippen LogP) is 1.52. The molecule has 0 aromatic heterocycles. The number of amides is 1. The maximum atomic E-state index is 12.1. The van der Waals surface area contributed by atoms with Crippen LogP contribution in [0.1, 0.15) is 5.56 Å². The highest BCUT2D eigenvalue weighted by Crippen LogP contribution is 2.21. The van der Waals surface area contributed by atoms with Crippen molar-refractivity contribution in [2.75, 3.05) is 24.2 Å². The van der Waals surface area contributed by atoms with Gasteiger partial charge in [-0.1, -0.05) is 12.1 Å². The van der Waals surface area contributed by atoms with Gasteiger partial charge in [0.15, 0.2) is 0 Å². The van der Waals surface area contributed by atoms with Crippen molar-refractivity contribution in [2.24, 2.45) is 5.10 Å². The fraction of sp³-hybridized carbons (Fsp3) is 0.176. The number of non-ortho nitro benzene ring substituents is 1. The third kappa shape index (κ3) is 5.77. The van der Waals surface area contributed by atoms with Crippen LogP contribution in [0.25, 0.3) is 0 Å². The molecule has 1 N–H and O–H groups in total. The van der Waals surface area contributed by atoms with Crippen LogP contribution in [-0.2, 0) is 14.8 Å². The fourth-order valence-corrected chi connectivity index (χ4v) is 3.07. The van der Waals surface area contributed by atoms with Gasteiger partial charge in [-0.15, -0.1) is 0 Å². The normalized spacial score (nSPS) is 11.2. The maximum absolute atomic E-state index is 12.1.